The van der Waals surface area contributed by atoms with E-state index in [2.05, 4.69) is 14.8 Å². The zero-order valence-corrected chi connectivity index (χ0v) is 17.8. The number of fused-ring (bicyclic) bond motifs is 2. The van der Waals surface area contributed by atoms with Crippen LogP contribution in [0.2, 0.25) is 0 Å². The van der Waals surface area contributed by atoms with E-state index in [-0.39, 0.29) is 11.9 Å². The van der Waals surface area contributed by atoms with Crippen molar-refractivity contribution in [1.29, 1.82) is 0 Å². The van der Waals surface area contributed by atoms with Crippen molar-refractivity contribution in [3.05, 3.63) is 24.3 Å². The van der Waals surface area contributed by atoms with Crippen molar-refractivity contribution < 1.29 is 14.0 Å². The predicted molar refractivity (Wildman–Crippen MR) is 113 cm³/mol. The van der Waals surface area contributed by atoms with Crippen LogP contribution >= 0.6 is 11.8 Å². The molecule has 2 unspecified atom stereocenters. The van der Waals surface area contributed by atoms with Crippen LogP contribution in [-0.2, 0) is 4.79 Å². The zero-order valence-electron chi connectivity index (χ0n) is 17.0. The van der Waals surface area contributed by atoms with Crippen LogP contribution in [0.4, 0.5) is 4.79 Å². The molecule has 3 amide bonds. The number of aromatic nitrogens is 1. The minimum absolute atomic E-state index is 0.201. The van der Waals surface area contributed by atoms with E-state index in [1.807, 2.05) is 24.3 Å². The number of guanidine groups is 1. The summed E-state index contributed by atoms with van der Waals surface area (Å²) in [4.78, 5) is 41.8. The number of carbonyl (C=O) groups excluding carboxylic acids is 2. The SMILES string of the molecule is CN1C(=O)C2C(N=C(N3CCCC3)N2CCSc2nc3ccccc3o2)N(C)C1=O. The number of rotatable bonds is 4. The Balaban J connectivity index is 1.35. The molecular formula is C20H24N6O3S. The number of hydrogen-bond donors (Lipinski definition) is 0. The summed E-state index contributed by atoms with van der Waals surface area (Å²) < 4.78 is 5.80. The van der Waals surface area contributed by atoms with Crippen LogP contribution in [0.5, 0.6) is 0 Å². The average molecular weight is 429 g/mol. The highest BCUT2D eigenvalue weighted by atomic mass is 32.2. The van der Waals surface area contributed by atoms with Crippen LogP contribution in [0.1, 0.15) is 12.8 Å². The maximum atomic E-state index is 13.0. The molecule has 2 saturated heterocycles. The van der Waals surface area contributed by atoms with Gasteiger partial charge >= 0.3 is 6.03 Å². The summed E-state index contributed by atoms with van der Waals surface area (Å²) in [6, 6.07) is 6.89. The van der Waals surface area contributed by atoms with Gasteiger partial charge in [0.1, 0.15) is 5.52 Å². The minimum Gasteiger partial charge on any atom is -0.431 e. The quantitative estimate of drug-likeness (QED) is 0.688. The second kappa shape index (κ2) is 7.50. The summed E-state index contributed by atoms with van der Waals surface area (Å²) in [5.74, 6) is 1.31. The third-order valence-corrected chi connectivity index (χ3v) is 6.72. The molecule has 0 N–H and O–H groups in total. The summed E-state index contributed by atoms with van der Waals surface area (Å²) in [6.45, 7) is 2.46. The standard InChI is InChI=1S/C20H24N6O3S/c1-23-16-15(17(27)24(2)20(23)28)26(18(22-16)25-9-5-6-10-25)11-12-30-19-21-13-7-3-4-8-14(13)29-19/h3-4,7-8,15-16H,5-6,9-12H2,1-2H3. The number of amides is 3. The number of aliphatic imine (C=N–C) groups is 1. The van der Waals surface area contributed by atoms with E-state index < -0.39 is 12.2 Å². The largest absolute Gasteiger partial charge is 0.431 e. The van der Waals surface area contributed by atoms with Crippen LogP contribution in [0.25, 0.3) is 11.1 Å². The molecule has 9 nitrogen and oxygen atoms in total. The Labute approximate surface area is 178 Å². The summed E-state index contributed by atoms with van der Waals surface area (Å²) in [5.41, 5.74) is 1.61. The molecule has 3 aliphatic rings. The van der Waals surface area contributed by atoms with Gasteiger partial charge in [0.15, 0.2) is 23.8 Å². The number of nitrogens with zero attached hydrogens (tertiary/aromatic N) is 6. The molecule has 4 heterocycles. The molecule has 2 atom stereocenters. The van der Waals surface area contributed by atoms with Crippen molar-refractivity contribution in [2.75, 3.05) is 39.5 Å². The lowest BCUT2D eigenvalue weighted by molar-refractivity contribution is -0.136. The molecule has 2 aromatic rings. The molecule has 3 aliphatic heterocycles. The molecule has 158 valence electrons. The van der Waals surface area contributed by atoms with Crippen LogP contribution in [-0.4, -0.2) is 94.2 Å². The van der Waals surface area contributed by atoms with Gasteiger partial charge in [-0.15, -0.1) is 0 Å². The monoisotopic (exact) mass is 428 g/mol. The molecule has 1 aromatic heterocycles. The van der Waals surface area contributed by atoms with E-state index in [9.17, 15) is 9.59 Å². The number of para-hydroxylation sites is 2. The number of oxazole rings is 1. The molecule has 30 heavy (non-hydrogen) atoms. The zero-order chi connectivity index (χ0) is 20.8. The van der Waals surface area contributed by atoms with Gasteiger partial charge < -0.3 is 19.1 Å². The first-order valence-electron chi connectivity index (χ1n) is 10.2. The first-order chi connectivity index (χ1) is 14.5. The lowest BCUT2D eigenvalue weighted by Gasteiger charge is -2.40. The van der Waals surface area contributed by atoms with Gasteiger partial charge in [0.05, 0.1) is 0 Å². The molecule has 0 radical (unpaired) electrons. The van der Waals surface area contributed by atoms with Gasteiger partial charge in [-0.1, -0.05) is 23.9 Å². The van der Waals surface area contributed by atoms with Gasteiger partial charge in [0.2, 0.25) is 0 Å². The number of urea groups is 1. The van der Waals surface area contributed by atoms with Gasteiger partial charge in [0.25, 0.3) is 11.1 Å². The number of likely N-dealkylation sites (tertiary alicyclic amines) is 1. The Morgan fingerprint density at radius 3 is 2.70 bits per heavy atom. The molecule has 0 aliphatic carbocycles. The highest BCUT2D eigenvalue weighted by Gasteiger charge is 2.51. The Kier molecular flexibility index (Phi) is 4.80. The Morgan fingerprint density at radius 1 is 1.17 bits per heavy atom. The Hall–Kier alpha value is -2.75. The first-order valence-corrected chi connectivity index (χ1v) is 11.2. The van der Waals surface area contributed by atoms with E-state index in [1.54, 1.807) is 11.9 Å². The number of benzene rings is 1. The molecule has 10 heteroatoms. The maximum absolute atomic E-state index is 13.0. The average Bonchev–Trinajstić information content (AvgIpc) is 3.48. The molecular weight excluding hydrogens is 404 g/mol. The van der Waals surface area contributed by atoms with Crippen molar-refractivity contribution in [2.45, 2.75) is 30.3 Å². The minimum atomic E-state index is -0.488. The second-order valence-corrected chi connectivity index (χ2v) is 8.81. The number of likely N-dealkylation sites (N-methyl/N-ethyl adjacent to an activating group) is 2. The highest BCUT2D eigenvalue weighted by molar-refractivity contribution is 7.99. The normalized spacial score (nSPS) is 24.3. The lowest BCUT2D eigenvalue weighted by Crippen LogP contribution is -2.64. The fourth-order valence-corrected chi connectivity index (χ4v) is 5.09. The predicted octanol–water partition coefficient (Wildman–Crippen LogP) is 1.91. The maximum Gasteiger partial charge on any atom is 0.328 e. The first kappa shape index (κ1) is 19.2. The van der Waals surface area contributed by atoms with Gasteiger partial charge in [0, 0.05) is 39.5 Å². The topological polar surface area (TPSA) is 85.5 Å². The van der Waals surface area contributed by atoms with Gasteiger partial charge in [-0.3, -0.25) is 9.69 Å². The number of carbonyl (C=O) groups is 2. The third kappa shape index (κ3) is 3.10. The third-order valence-electron chi connectivity index (χ3n) is 5.91. The second-order valence-electron chi connectivity index (χ2n) is 7.76. The Bertz CT molecular complexity index is 984. The summed E-state index contributed by atoms with van der Waals surface area (Å²) >= 11 is 1.52. The van der Waals surface area contributed by atoms with Crippen LogP contribution in [0.3, 0.4) is 0 Å². The van der Waals surface area contributed by atoms with E-state index in [1.165, 1.54) is 23.7 Å². The van der Waals surface area contributed by atoms with Crippen LogP contribution < -0.4 is 0 Å². The van der Waals surface area contributed by atoms with E-state index in [4.69, 9.17) is 9.41 Å². The van der Waals surface area contributed by atoms with Gasteiger partial charge in [-0.25, -0.2) is 14.8 Å². The van der Waals surface area contributed by atoms with Gasteiger partial charge in [-0.2, -0.15) is 0 Å². The van der Waals surface area contributed by atoms with Crippen molar-refractivity contribution in [3.63, 3.8) is 0 Å². The van der Waals surface area contributed by atoms with Crippen molar-refractivity contribution in [2.24, 2.45) is 4.99 Å². The molecule has 1 aromatic carbocycles. The lowest BCUT2D eigenvalue weighted by atomic mass is 10.1. The smallest absolute Gasteiger partial charge is 0.328 e. The number of hydrogen-bond acceptors (Lipinski definition) is 8. The number of thioether (sulfide) groups is 1. The summed E-state index contributed by atoms with van der Waals surface area (Å²) in [7, 11) is 3.25. The summed E-state index contributed by atoms with van der Waals surface area (Å²) in [5, 5.41) is 0.617. The van der Waals surface area contributed by atoms with Crippen LogP contribution in [0.15, 0.2) is 38.9 Å². The van der Waals surface area contributed by atoms with E-state index >= 15 is 0 Å². The van der Waals surface area contributed by atoms with Crippen molar-refractivity contribution in [3.8, 4) is 0 Å². The fraction of sp³-hybridized carbons (Fsp3) is 0.500. The molecule has 5 rings (SSSR count). The van der Waals surface area contributed by atoms with E-state index in [0.29, 0.717) is 17.5 Å². The number of imide groups is 1. The fourth-order valence-electron chi connectivity index (χ4n) is 4.31. The molecule has 0 spiro atoms. The highest BCUT2D eigenvalue weighted by Crippen LogP contribution is 2.30. The molecule has 2 fully saturated rings. The van der Waals surface area contributed by atoms with Crippen LogP contribution in [0, 0.1) is 0 Å². The van der Waals surface area contributed by atoms with Crippen molar-refractivity contribution in [1.82, 2.24) is 24.6 Å². The van der Waals surface area contributed by atoms with Crippen molar-refractivity contribution >= 4 is 40.8 Å². The molecule has 0 bridgehead atoms. The van der Waals surface area contributed by atoms with Gasteiger partial charge in [-0.05, 0) is 25.0 Å². The summed E-state index contributed by atoms with van der Waals surface area (Å²) in [6.07, 6.45) is 1.75. The molecule has 0 saturated carbocycles. The Morgan fingerprint density at radius 2 is 1.93 bits per heavy atom. The van der Waals surface area contributed by atoms with E-state index in [0.717, 1.165) is 43.0 Å².